The summed E-state index contributed by atoms with van der Waals surface area (Å²) in [6, 6.07) is -0.159. The van der Waals surface area contributed by atoms with Gasteiger partial charge in [0.1, 0.15) is 5.60 Å². The highest BCUT2D eigenvalue weighted by Crippen LogP contribution is 2.26. The van der Waals surface area contributed by atoms with Crippen LogP contribution in [0.25, 0.3) is 0 Å². The smallest absolute Gasteiger partial charge is 0.410 e. The van der Waals surface area contributed by atoms with E-state index in [4.69, 9.17) is 4.74 Å². The Morgan fingerprint density at radius 2 is 2.17 bits per heavy atom. The first kappa shape index (κ1) is 15.0. The lowest BCUT2D eigenvalue weighted by atomic mass is 9.96. The van der Waals surface area contributed by atoms with Gasteiger partial charge in [0.15, 0.2) is 0 Å². The van der Waals surface area contributed by atoms with Crippen molar-refractivity contribution in [1.29, 1.82) is 0 Å². The fourth-order valence-electron chi connectivity index (χ4n) is 2.18. The third kappa shape index (κ3) is 3.73. The topological polar surface area (TPSA) is 49.8 Å². The average Bonchev–Trinajstić information content (AvgIpc) is 2.73. The van der Waals surface area contributed by atoms with Crippen molar-refractivity contribution in [1.82, 2.24) is 4.90 Å². The molecule has 1 saturated heterocycles. The molecule has 0 saturated carbocycles. The third-order valence-electron chi connectivity index (χ3n) is 3.23. The van der Waals surface area contributed by atoms with E-state index >= 15 is 0 Å². The van der Waals surface area contributed by atoms with Crippen LogP contribution in [0.4, 0.5) is 4.79 Å². The minimum Gasteiger partial charge on any atom is -0.444 e. The van der Waals surface area contributed by atoms with Gasteiger partial charge < -0.3 is 14.7 Å². The van der Waals surface area contributed by atoms with E-state index in [2.05, 4.69) is 6.58 Å². The van der Waals surface area contributed by atoms with Crippen molar-refractivity contribution < 1.29 is 14.6 Å². The second-order valence-electron chi connectivity index (χ2n) is 5.97. The van der Waals surface area contributed by atoms with Crippen LogP contribution >= 0.6 is 0 Å². The van der Waals surface area contributed by atoms with Gasteiger partial charge in [0.25, 0.3) is 0 Å². The normalized spacial score (nSPS) is 23.6. The van der Waals surface area contributed by atoms with E-state index in [9.17, 15) is 9.90 Å². The molecule has 1 amide bonds. The molecule has 1 rings (SSSR count). The largest absolute Gasteiger partial charge is 0.444 e. The van der Waals surface area contributed by atoms with E-state index in [1.807, 2.05) is 27.7 Å². The Labute approximate surface area is 110 Å². The second-order valence-corrected chi connectivity index (χ2v) is 5.97. The summed E-state index contributed by atoms with van der Waals surface area (Å²) in [7, 11) is 0. The van der Waals surface area contributed by atoms with Crippen LogP contribution in [0, 0.1) is 5.92 Å². The van der Waals surface area contributed by atoms with Crippen LogP contribution in [0.2, 0.25) is 0 Å². The van der Waals surface area contributed by atoms with Crippen LogP contribution in [-0.2, 0) is 4.74 Å². The first-order valence-corrected chi connectivity index (χ1v) is 6.56. The molecule has 0 unspecified atom stereocenters. The van der Waals surface area contributed by atoms with Gasteiger partial charge in [-0.1, -0.05) is 13.0 Å². The van der Waals surface area contributed by atoms with Gasteiger partial charge in [-0.3, -0.25) is 0 Å². The Balaban J connectivity index is 2.70. The monoisotopic (exact) mass is 255 g/mol. The third-order valence-corrected chi connectivity index (χ3v) is 3.23. The van der Waals surface area contributed by atoms with Crippen molar-refractivity contribution >= 4 is 6.09 Å². The molecular weight excluding hydrogens is 230 g/mol. The lowest BCUT2D eigenvalue weighted by Gasteiger charge is -2.32. The Hall–Kier alpha value is -1.03. The fraction of sp³-hybridized carbons (Fsp3) is 0.786. The highest BCUT2D eigenvalue weighted by atomic mass is 16.6. The maximum absolute atomic E-state index is 12.1. The Morgan fingerprint density at radius 1 is 1.56 bits per heavy atom. The molecule has 3 atom stereocenters. The number of nitrogens with zero attached hydrogens (tertiary/aromatic N) is 1. The number of likely N-dealkylation sites (tertiary alicyclic amines) is 1. The SMILES string of the molecule is C=C[C@@H](C)[C@@H](O)[C@@H]1CCCN1C(=O)OC(C)(C)C. The molecule has 0 aromatic heterocycles. The van der Waals surface area contributed by atoms with Crippen LogP contribution in [0.3, 0.4) is 0 Å². The van der Waals surface area contributed by atoms with Crippen molar-refractivity contribution in [2.45, 2.75) is 58.3 Å². The summed E-state index contributed by atoms with van der Waals surface area (Å²) in [4.78, 5) is 13.7. The summed E-state index contributed by atoms with van der Waals surface area (Å²) in [6.07, 6.45) is 2.54. The van der Waals surface area contributed by atoms with E-state index < -0.39 is 11.7 Å². The molecular formula is C14H25NO3. The highest BCUT2D eigenvalue weighted by Gasteiger charge is 2.37. The van der Waals surface area contributed by atoms with Gasteiger partial charge in [-0.05, 0) is 33.6 Å². The number of ether oxygens (including phenoxy) is 1. The zero-order valence-corrected chi connectivity index (χ0v) is 11.8. The molecule has 0 aliphatic carbocycles. The van der Waals surface area contributed by atoms with Crippen LogP contribution in [0.15, 0.2) is 12.7 Å². The number of aliphatic hydroxyl groups excluding tert-OH is 1. The Morgan fingerprint density at radius 3 is 2.67 bits per heavy atom. The molecule has 1 fully saturated rings. The highest BCUT2D eigenvalue weighted by molar-refractivity contribution is 5.69. The van der Waals surface area contributed by atoms with Crippen molar-refractivity contribution in [3.63, 3.8) is 0 Å². The van der Waals surface area contributed by atoms with Gasteiger partial charge in [0.2, 0.25) is 0 Å². The van der Waals surface area contributed by atoms with E-state index in [-0.39, 0.29) is 18.1 Å². The van der Waals surface area contributed by atoms with Gasteiger partial charge in [0.05, 0.1) is 12.1 Å². The molecule has 0 radical (unpaired) electrons. The molecule has 1 N–H and O–H groups in total. The Bertz CT molecular complexity index is 309. The number of amides is 1. The second kappa shape index (κ2) is 5.74. The molecule has 0 aromatic rings. The summed E-state index contributed by atoms with van der Waals surface area (Å²) in [5.41, 5.74) is -0.501. The predicted molar refractivity (Wildman–Crippen MR) is 71.3 cm³/mol. The number of carbonyl (C=O) groups excluding carboxylic acids is 1. The zero-order valence-electron chi connectivity index (χ0n) is 11.8. The number of carbonyl (C=O) groups is 1. The predicted octanol–water partition coefficient (Wildman–Crippen LogP) is 2.57. The number of aliphatic hydroxyl groups is 1. The minimum atomic E-state index is -0.572. The average molecular weight is 255 g/mol. The summed E-state index contributed by atoms with van der Waals surface area (Å²) >= 11 is 0. The quantitative estimate of drug-likeness (QED) is 0.788. The summed E-state index contributed by atoms with van der Waals surface area (Å²) in [6.45, 7) is 11.8. The lowest BCUT2D eigenvalue weighted by Crippen LogP contribution is -2.46. The van der Waals surface area contributed by atoms with Crippen LogP contribution in [-0.4, -0.2) is 40.4 Å². The van der Waals surface area contributed by atoms with Crippen molar-refractivity contribution in [3.05, 3.63) is 12.7 Å². The molecule has 1 aliphatic rings. The molecule has 104 valence electrons. The molecule has 4 heteroatoms. The summed E-state index contributed by atoms with van der Waals surface area (Å²) < 4.78 is 5.37. The molecule has 4 nitrogen and oxygen atoms in total. The molecule has 1 heterocycles. The van der Waals surface area contributed by atoms with E-state index in [1.54, 1.807) is 11.0 Å². The molecule has 0 spiro atoms. The standard InChI is InChI=1S/C14H25NO3/c1-6-10(2)12(16)11-8-7-9-15(11)13(17)18-14(3,4)5/h6,10-12,16H,1,7-9H2,2-5H3/t10-,11+,12-/m1/s1. The molecule has 1 aliphatic heterocycles. The van der Waals surface area contributed by atoms with Gasteiger partial charge in [0, 0.05) is 12.5 Å². The van der Waals surface area contributed by atoms with Crippen molar-refractivity contribution in [3.8, 4) is 0 Å². The lowest BCUT2D eigenvalue weighted by molar-refractivity contribution is -0.00100. The first-order chi connectivity index (χ1) is 8.26. The van der Waals surface area contributed by atoms with E-state index in [0.29, 0.717) is 6.54 Å². The van der Waals surface area contributed by atoms with Crippen molar-refractivity contribution in [2.24, 2.45) is 5.92 Å². The van der Waals surface area contributed by atoms with Crippen molar-refractivity contribution in [2.75, 3.05) is 6.54 Å². The van der Waals surface area contributed by atoms with Gasteiger partial charge >= 0.3 is 6.09 Å². The van der Waals surface area contributed by atoms with Crippen LogP contribution in [0.5, 0.6) is 0 Å². The van der Waals surface area contributed by atoms with Crippen LogP contribution in [0.1, 0.15) is 40.5 Å². The maximum atomic E-state index is 12.1. The molecule has 18 heavy (non-hydrogen) atoms. The van der Waals surface area contributed by atoms with Gasteiger partial charge in [-0.15, -0.1) is 6.58 Å². The van der Waals surface area contributed by atoms with E-state index in [0.717, 1.165) is 12.8 Å². The van der Waals surface area contributed by atoms with Gasteiger partial charge in [-0.25, -0.2) is 4.79 Å². The molecule has 0 bridgehead atoms. The van der Waals surface area contributed by atoms with E-state index in [1.165, 1.54) is 0 Å². The maximum Gasteiger partial charge on any atom is 0.410 e. The van der Waals surface area contributed by atoms with Gasteiger partial charge in [-0.2, -0.15) is 0 Å². The zero-order chi connectivity index (χ0) is 13.9. The minimum absolute atomic E-state index is 0.0296. The Kier molecular flexibility index (Phi) is 4.79. The van der Waals surface area contributed by atoms with Crippen LogP contribution < -0.4 is 0 Å². The fourth-order valence-corrected chi connectivity index (χ4v) is 2.18. The molecule has 0 aromatic carbocycles. The summed E-state index contributed by atoms with van der Waals surface area (Å²) in [5.74, 6) is -0.0296. The number of rotatable bonds is 3. The summed E-state index contributed by atoms with van der Waals surface area (Å²) in [5, 5.41) is 10.2. The number of hydrogen-bond donors (Lipinski definition) is 1. The first-order valence-electron chi connectivity index (χ1n) is 6.56. The number of hydrogen-bond acceptors (Lipinski definition) is 3.